The number of likely N-dealkylation sites (tertiary alicyclic amines) is 1. The van der Waals surface area contributed by atoms with E-state index in [-0.39, 0.29) is 49.7 Å². The zero-order chi connectivity index (χ0) is 31.6. The van der Waals surface area contributed by atoms with Crippen LogP contribution in [0.3, 0.4) is 0 Å². The van der Waals surface area contributed by atoms with Crippen LogP contribution in [0.5, 0.6) is 0 Å². The number of rotatable bonds is 13. The third-order valence-electron chi connectivity index (χ3n) is 8.50. The van der Waals surface area contributed by atoms with Crippen molar-refractivity contribution in [2.75, 3.05) is 36.1 Å². The third kappa shape index (κ3) is 9.12. The molecule has 2 heterocycles. The Kier molecular flexibility index (Phi) is 11.6. The van der Waals surface area contributed by atoms with Gasteiger partial charge in [0.25, 0.3) is 0 Å². The van der Waals surface area contributed by atoms with Crippen molar-refractivity contribution in [3.63, 3.8) is 0 Å². The molecule has 45 heavy (non-hydrogen) atoms. The second-order valence-corrected chi connectivity index (χ2v) is 11.8. The molecule has 4 unspecified atom stereocenters. The number of nitrogen functional groups attached to an aromatic ring is 1. The zero-order valence-corrected chi connectivity index (χ0v) is 25.6. The van der Waals surface area contributed by atoms with E-state index >= 15 is 0 Å². The van der Waals surface area contributed by atoms with Gasteiger partial charge in [-0.15, -0.1) is 0 Å². The number of nitrogens with one attached hydrogen (secondary N) is 2. The van der Waals surface area contributed by atoms with Crippen molar-refractivity contribution in [2.45, 2.75) is 76.1 Å². The van der Waals surface area contributed by atoms with Crippen LogP contribution >= 0.6 is 0 Å². The van der Waals surface area contributed by atoms with Crippen LogP contribution in [0.1, 0.15) is 74.0 Å². The number of hydrogen-bond donors (Lipinski definition) is 5. The lowest BCUT2D eigenvalue weighted by molar-refractivity contribution is -0.253. The van der Waals surface area contributed by atoms with E-state index < -0.39 is 6.29 Å². The number of carbonyl (C=O) groups is 2. The van der Waals surface area contributed by atoms with Crippen molar-refractivity contribution >= 4 is 28.9 Å². The number of unbranched alkanes of at least 4 members (excludes halogenated alkanes) is 1. The molecule has 0 saturated carbocycles. The summed E-state index contributed by atoms with van der Waals surface area (Å²) in [5, 5.41) is 25.1. The highest BCUT2D eigenvalue weighted by Crippen LogP contribution is 2.39. The highest BCUT2D eigenvalue weighted by molar-refractivity contribution is 5.94. The minimum atomic E-state index is -0.643. The molecule has 2 saturated heterocycles. The fourth-order valence-corrected chi connectivity index (χ4v) is 6.02. The van der Waals surface area contributed by atoms with Crippen molar-refractivity contribution in [1.29, 1.82) is 0 Å². The number of hydrogen-bond acceptors (Lipinski definition) is 8. The third-order valence-corrected chi connectivity index (χ3v) is 8.50. The summed E-state index contributed by atoms with van der Waals surface area (Å²) in [5.41, 5.74) is 10.3. The van der Waals surface area contributed by atoms with E-state index in [1.54, 1.807) is 12.1 Å². The van der Waals surface area contributed by atoms with Crippen LogP contribution in [0.2, 0.25) is 0 Å². The van der Waals surface area contributed by atoms with Crippen molar-refractivity contribution in [1.82, 2.24) is 4.90 Å². The highest BCUT2D eigenvalue weighted by Gasteiger charge is 2.35. The van der Waals surface area contributed by atoms with Gasteiger partial charge < -0.3 is 36.1 Å². The number of carbonyl (C=O) groups excluding carboxylic acids is 2. The Morgan fingerprint density at radius 1 is 0.889 bits per heavy atom. The molecule has 0 spiro atoms. The van der Waals surface area contributed by atoms with E-state index in [0.717, 1.165) is 36.1 Å². The number of amides is 2. The summed E-state index contributed by atoms with van der Waals surface area (Å²) in [5.74, 6) is -0.264. The van der Waals surface area contributed by atoms with Crippen LogP contribution in [-0.2, 0) is 25.7 Å². The Labute approximate surface area is 264 Å². The van der Waals surface area contributed by atoms with Crippen molar-refractivity contribution < 1.29 is 29.3 Å². The summed E-state index contributed by atoms with van der Waals surface area (Å²) in [4.78, 5) is 27.3. The Morgan fingerprint density at radius 2 is 1.64 bits per heavy atom. The monoisotopic (exact) mass is 616 g/mol. The Balaban J connectivity index is 1.17. The molecule has 0 aromatic heterocycles. The Bertz CT molecular complexity index is 1420. The molecule has 5 rings (SSSR count). The van der Waals surface area contributed by atoms with E-state index in [1.165, 1.54) is 0 Å². The number of aliphatic hydroxyl groups is 2. The molecule has 2 aliphatic rings. The maximum atomic E-state index is 12.7. The average Bonchev–Trinajstić information content (AvgIpc) is 3.51. The molecule has 0 bridgehead atoms. The molecule has 2 fully saturated rings. The summed E-state index contributed by atoms with van der Waals surface area (Å²) in [6.07, 6.45) is 3.46. The second-order valence-electron chi connectivity index (χ2n) is 11.8. The highest BCUT2D eigenvalue weighted by atomic mass is 16.7. The lowest BCUT2D eigenvalue weighted by Crippen LogP contribution is -2.42. The molecule has 0 radical (unpaired) electrons. The minimum absolute atomic E-state index is 0.0185. The molecule has 240 valence electrons. The number of aliphatic hydroxyl groups excluding tert-OH is 2. The maximum Gasteiger partial charge on any atom is 0.224 e. The fourth-order valence-electron chi connectivity index (χ4n) is 6.02. The molecule has 3 aromatic rings. The lowest BCUT2D eigenvalue weighted by Gasteiger charge is -2.38. The van der Waals surface area contributed by atoms with Gasteiger partial charge >= 0.3 is 0 Å². The number of para-hydroxylation sites is 2. The zero-order valence-electron chi connectivity index (χ0n) is 25.6. The predicted octanol–water partition coefficient (Wildman–Crippen LogP) is 4.90. The molecular formula is C35H44N4O6. The first-order valence-electron chi connectivity index (χ1n) is 15.8. The summed E-state index contributed by atoms with van der Waals surface area (Å²) in [7, 11) is 0. The molecule has 6 N–H and O–H groups in total. The van der Waals surface area contributed by atoms with Crippen LogP contribution in [0, 0.1) is 0 Å². The van der Waals surface area contributed by atoms with Gasteiger partial charge in [0.2, 0.25) is 11.8 Å². The first-order valence-corrected chi connectivity index (χ1v) is 15.8. The fraction of sp³-hybridized carbons (Fsp3) is 0.429. The molecule has 2 amide bonds. The van der Waals surface area contributed by atoms with Crippen LogP contribution in [0.15, 0.2) is 72.8 Å². The first-order chi connectivity index (χ1) is 21.9. The smallest absolute Gasteiger partial charge is 0.224 e. The molecule has 10 nitrogen and oxygen atoms in total. The molecule has 2 aliphatic heterocycles. The number of nitrogens with two attached hydrogens (primary N) is 1. The molecule has 4 atom stereocenters. The van der Waals surface area contributed by atoms with Gasteiger partial charge in [0, 0.05) is 43.1 Å². The van der Waals surface area contributed by atoms with Gasteiger partial charge in [0.05, 0.1) is 36.8 Å². The van der Waals surface area contributed by atoms with Crippen LogP contribution in [-0.4, -0.2) is 58.8 Å². The van der Waals surface area contributed by atoms with Gasteiger partial charge in [0.1, 0.15) is 0 Å². The van der Waals surface area contributed by atoms with Crippen LogP contribution in [0.25, 0.3) is 0 Å². The van der Waals surface area contributed by atoms with Crippen LogP contribution < -0.4 is 16.4 Å². The minimum Gasteiger partial charge on any atom is -0.397 e. The van der Waals surface area contributed by atoms with Gasteiger partial charge in [-0.2, -0.15) is 0 Å². The molecule has 0 aliphatic carbocycles. The molecule has 3 aromatic carbocycles. The summed E-state index contributed by atoms with van der Waals surface area (Å²) < 4.78 is 13.0. The first kappa shape index (κ1) is 32.6. The summed E-state index contributed by atoms with van der Waals surface area (Å²) >= 11 is 0. The summed E-state index contributed by atoms with van der Waals surface area (Å²) in [6.45, 7) is 1.75. The topological polar surface area (TPSA) is 146 Å². The van der Waals surface area contributed by atoms with Crippen LogP contribution in [0.4, 0.5) is 17.1 Å². The number of ether oxygens (including phenoxy) is 2. The van der Waals surface area contributed by atoms with E-state index in [4.69, 9.17) is 15.2 Å². The van der Waals surface area contributed by atoms with Gasteiger partial charge in [-0.3, -0.25) is 14.5 Å². The van der Waals surface area contributed by atoms with Gasteiger partial charge in [-0.05, 0) is 67.6 Å². The van der Waals surface area contributed by atoms with Crippen molar-refractivity contribution in [3.8, 4) is 0 Å². The maximum absolute atomic E-state index is 12.7. The normalized spacial score (nSPS) is 21.8. The average molecular weight is 617 g/mol. The largest absolute Gasteiger partial charge is 0.397 e. The predicted molar refractivity (Wildman–Crippen MR) is 173 cm³/mol. The van der Waals surface area contributed by atoms with Gasteiger partial charge in [-0.25, -0.2) is 0 Å². The van der Waals surface area contributed by atoms with E-state index in [9.17, 15) is 19.8 Å². The van der Waals surface area contributed by atoms with Crippen molar-refractivity contribution in [3.05, 3.63) is 89.5 Å². The molecular weight excluding hydrogens is 572 g/mol. The van der Waals surface area contributed by atoms with E-state index in [1.807, 2.05) is 60.7 Å². The Morgan fingerprint density at radius 3 is 2.38 bits per heavy atom. The summed E-state index contributed by atoms with van der Waals surface area (Å²) in [6, 6.07) is 22.6. The number of anilines is 3. The Hall–Kier alpha value is -3.80. The van der Waals surface area contributed by atoms with E-state index in [0.29, 0.717) is 49.3 Å². The lowest BCUT2D eigenvalue weighted by atomic mass is 9.99. The number of nitrogens with zero attached hydrogens (tertiary/aromatic N) is 1. The number of benzene rings is 3. The second kappa shape index (κ2) is 16.0. The van der Waals surface area contributed by atoms with Gasteiger partial charge in [0.15, 0.2) is 6.29 Å². The van der Waals surface area contributed by atoms with Gasteiger partial charge in [-0.1, -0.05) is 48.5 Å². The molecule has 10 heteroatoms. The van der Waals surface area contributed by atoms with Crippen molar-refractivity contribution in [2.24, 2.45) is 0 Å². The SMILES string of the molecule is Nc1ccccc1NC(=O)CCCCC(=O)Nc1cccc(C2OC(CN3CCCC3CO)CC(c3ccc(CO)cc3)O2)c1. The van der Waals surface area contributed by atoms with E-state index in [2.05, 4.69) is 15.5 Å². The quantitative estimate of drug-likeness (QED) is 0.135. The standard InChI is InChI=1S/C35H44N4O6/c36-30-10-1-2-11-31(30)38-34(43)13-4-3-12-33(42)37-27-8-5-7-26(19-27)35-44-29(21-39-18-6-9-28(39)23-41)20-32(45-35)25-16-14-24(22-40)15-17-25/h1-2,5,7-8,10-11,14-17,19,28-29,32,35,40-41H,3-4,6,9,12-13,18,20-23,36H2,(H,37,42)(H,38,43).